The molecule has 0 aliphatic carbocycles. The van der Waals surface area contributed by atoms with Gasteiger partial charge in [-0.25, -0.2) is 0 Å². The number of rotatable bonds is 3. The van der Waals surface area contributed by atoms with Crippen LogP contribution in [0.3, 0.4) is 0 Å². The Hall–Kier alpha value is -2.20. The van der Waals surface area contributed by atoms with Crippen LogP contribution in [0.5, 0.6) is 0 Å². The maximum Gasteiger partial charge on any atom is 0.252 e. The highest BCUT2D eigenvalue weighted by Crippen LogP contribution is 2.24. The molecule has 3 aromatic rings. The number of benzene rings is 2. The number of nitrogens with one attached hydrogen (secondary N) is 1. The van der Waals surface area contributed by atoms with E-state index >= 15 is 0 Å². The molecule has 0 fully saturated rings. The molecule has 1 amide bonds. The third kappa shape index (κ3) is 2.88. The van der Waals surface area contributed by atoms with Crippen LogP contribution in [0.4, 0.5) is 0 Å². The van der Waals surface area contributed by atoms with Gasteiger partial charge < -0.3 is 5.32 Å². The average Bonchev–Trinajstić information content (AvgIpc) is 2.54. The molecule has 1 N–H and O–H groups in total. The highest BCUT2D eigenvalue weighted by molar-refractivity contribution is 9.10. The van der Waals surface area contributed by atoms with Crippen molar-refractivity contribution in [2.24, 2.45) is 0 Å². The summed E-state index contributed by atoms with van der Waals surface area (Å²) in [4.78, 5) is 16.9. The van der Waals surface area contributed by atoms with Crippen molar-refractivity contribution in [3.63, 3.8) is 0 Å². The number of nitrogens with zero attached hydrogens (tertiary/aromatic N) is 1. The molecule has 2 aromatic carbocycles. The Labute approximate surface area is 137 Å². The Morgan fingerprint density at radius 3 is 2.64 bits per heavy atom. The molecule has 0 aliphatic rings. The lowest BCUT2D eigenvalue weighted by atomic mass is 10.1. The van der Waals surface area contributed by atoms with Gasteiger partial charge in [-0.15, -0.1) is 0 Å². The summed E-state index contributed by atoms with van der Waals surface area (Å²) >= 11 is 3.52. The predicted molar refractivity (Wildman–Crippen MR) is 91.8 cm³/mol. The lowest BCUT2D eigenvalue weighted by molar-refractivity contribution is 0.0941. The van der Waals surface area contributed by atoms with Gasteiger partial charge in [0.1, 0.15) is 0 Å². The smallest absolute Gasteiger partial charge is 0.252 e. The molecule has 0 aliphatic heterocycles. The maximum atomic E-state index is 12.6. The van der Waals surface area contributed by atoms with Crippen molar-refractivity contribution < 1.29 is 4.79 Å². The van der Waals surface area contributed by atoms with Crippen molar-refractivity contribution in [3.05, 3.63) is 76.4 Å². The summed E-state index contributed by atoms with van der Waals surface area (Å²) in [6.45, 7) is 1.97. The largest absolute Gasteiger partial charge is 0.345 e. The fourth-order valence-electron chi connectivity index (χ4n) is 2.47. The van der Waals surface area contributed by atoms with E-state index in [9.17, 15) is 4.79 Å². The van der Waals surface area contributed by atoms with Gasteiger partial charge in [0.2, 0.25) is 0 Å². The molecule has 4 heteroatoms. The van der Waals surface area contributed by atoms with Crippen molar-refractivity contribution in [1.29, 1.82) is 0 Å². The van der Waals surface area contributed by atoms with Crippen LogP contribution in [0.15, 0.2) is 65.3 Å². The van der Waals surface area contributed by atoms with E-state index in [2.05, 4.69) is 26.2 Å². The van der Waals surface area contributed by atoms with E-state index < -0.39 is 0 Å². The number of halogens is 1. The minimum atomic E-state index is -0.0955. The number of hydrogen-bond donors (Lipinski definition) is 1. The minimum Gasteiger partial charge on any atom is -0.345 e. The number of amides is 1. The number of aromatic nitrogens is 1. The Morgan fingerprint density at radius 1 is 1.09 bits per heavy atom. The summed E-state index contributed by atoms with van der Waals surface area (Å²) in [6, 6.07) is 17.2. The van der Waals surface area contributed by atoms with Crippen LogP contribution in [-0.2, 0) is 0 Å². The molecular weight excluding hydrogens is 340 g/mol. The number of hydrogen-bond acceptors (Lipinski definition) is 2. The summed E-state index contributed by atoms with van der Waals surface area (Å²) < 4.78 is 0.988. The molecule has 0 saturated heterocycles. The lowest BCUT2D eigenvalue weighted by Crippen LogP contribution is -2.27. The molecule has 110 valence electrons. The van der Waals surface area contributed by atoms with E-state index in [0.717, 1.165) is 20.9 Å². The van der Waals surface area contributed by atoms with Gasteiger partial charge in [0.25, 0.3) is 5.91 Å². The molecule has 1 atom stereocenters. The number of carbonyl (C=O) groups is 1. The topological polar surface area (TPSA) is 42.0 Å². The highest BCUT2D eigenvalue weighted by Gasteiger charge is 2.15. The monoisotopic (exact) mass is 354 g/mol. The van der Waals surface area contributed by atoms with E-state index in [0.29, 0.717) is 5.56 Å². The normalized spacial score (nSPS) is 12.1. The predicted octanol–water partition coefficient (Wildman–Crippen LogP) is 4.49. The molecular formula is C18H15BrN2O. The number of pyridine rings is 1. The van der Waals surface area contributed by atoms with E-state index in [1.165, 1.54) is 0 Å². The molecule has 0 saturated carbocycles. The SMILES string of the molecule is CC(NC(=O)c1ccnc2ccccc12)c1ccccc1Br. The van der Waals surface area contributed by atoms with Gasteiger partial charge in [0.15, 0.2) is 0 Å². The first-order valence-corrected chi connectivity index (χ1v) is 7.85. The molecule has 1 unspecified atom stereocenters. The first kappa shape index (κ1) is 14.7. The third-order valence-electron chi connectivity index (χ3n) is 3.61. The molecule has 1 heterocycles. The van der Waals surface area contributed by atoms with Gasteiger partial charge in [-0.3, -0.25) is 9.78 Å². The van der Waals surface area contributed by atoms with Crippen molar-refractivity contribution in [1.82, 2.24) is 10.3 Å². The van der Waals surface area contributed by atoms with E-state index in [-0.39, 0.29) is 11.9 Å². The first-order chi connectivity index (χ1) is 10.7. The quantitative estimate of drug-likeness (QED) is 0.752. The number of carbonyl (C=O) groups excluding carboxylic acids is 1. The Kier molecular flexibility index (Phi) is 4.20. The van der Waals surface area contributed by atoms with Crippen LogP contribution in [0, 0.1) is 0 Å². The second-order valence-corrected chi connectivity index (χ2v) is 5.95. The van der Waals surface area contributed by atoms with E-state index in [1.54, 1.807) is 12.3 Å². The van der Waals surface area contributed by atoms with Crippen LogP contribution in [0.1, 0.15) is 28.9 Å². The van der Waals surface area contributed by atoms with Crippen molar-refractivity contribution in [3.8, 4) is 0 Å². The molecule has 0 bridgehead atoms. The van der Waals surface area contributed by atoms with Crippen LogP contribution in [0.2, 0.25) is 0 Å². The van der Waals surface area contributed by atoms with Crippen LogP contribution in [0.25, 0.3) is 10.9 Å². The van der Waals surface area contributed by atoms with Gasteiger partial charge in [-0.2, -0.15) is 0 Å². The molecule has 3 rings (SSSR count). The average molecular weight is 355 g/mol. The zero-order chi connectivity index (χ0) is 15.5. The molecule has 3 nitrogen and oxygen atoms in total. The zero-order valence-electron chi connectivity index (χ0n) is 12.1. The van der Waals surface area contributed by atoms with Gasteiger partial charge in [-0.1, -0.05) is 52.3 Å². The van der Waals surface area contributed by atoms with Crippen LogP contribution < -0.4 is 5.32 Å². The maximum absolute atomic E-state index is 12.6. The van der Waals surface area contributed by atoms with Crippen LogP contribution >= 0.6 is 15.9 Å². The van der Waals surface area contributed by atoms with Crippen molar-refractivity contribution >= 4 is 32.7 Å². The third-order valence-corrected chi connectivity index (χ3v) is 4.34. The minimum absolute atomic E-state index is 0.0880. The molecule has 22 heavy (non-hydrogen) atoms. The van der Waals surface area contributed by atoms with Crippen molar-refractivity contribution in [2.45, 2.75) is 13.0 Å². The van der Waals surface area contributed by atoms with Gasteiger partial charge >= 0.3 is 0 Å². The summed E-state index contributed by atoms with van der Waals surface area (Å²) in [5.41, 5.74) is 2.52. The first-order valence-electron chi connectivity index (χ1n) is 7.06. The standard InChI is InChI=1S/C18H15BrN2O/c1-12(13-6-2-4-8-16(13)19)21-18(22)15-10-11-20-17-9-5-3-7-14(15)17/h2-12H,1H3,(H,21,22). The van der Waals surface area contributed by atoms with E-state index in [4.69, 9.17) is 0 Å². The Balaban J connectivity index is 1.89. The zero-order valence-corrected chi connectivity index (χ0v) is 13.7. The number of fused-ring (bicyclic) bond motifs is 1. The number of para-hydroxylation sites is 1. The summed E-state index contributed by atoms with van der Waals surface area (Å²) in [5.74, 6) is -0.0955. The summed E-state index contributed by atoms with van der Waals surface area (Å²) in [5, 5.41) is 3.91. The second kappa shape index (κ2) is 6.28. The molecule has 1 aromatic heterocycles. The van der Waals surface area contributed by atoms with Crippen LogP contribution in [-0.4, -0.2) is 10.9 Å². The van der Waals surface area contributed by atoms with Gasteiger partial charge in [0, 0.05) is 16.1 Å². The lowest BCUT2D eigenvalue weighted by Gasteiger charge is -2.16. The summed E-state index contributed by atoms with van der Waals surface area (Å²) in [6.07, 6.45) is 1.67. The molecule has 0 radical (unpaired) electrons. The van der Waals surface area contributed by atoms with Crippen molar-refractivity contribution in [2.75, 3.05) is 0 Å². The van der Waals surface area contributed by atoms with Gasteiger partial charge in [-0.05, 0) is 30.7 Å². The Bertz CT molecular complexity index is 827. The fraction of sp³-hybridized carbons (Fsp3) is 0.111. The second-order valence-electron chi connectivity index (χ2n) is 5.09. The molecule has 0 spiro atoms. The van der Waals surface area contributed by atoms with E-state index in [1.807, 2.05) is 55.5 Å². The Morgan fingerprint density at radius 2 is 1.82 bits per heavy atom. The summed E-state index contributed by atoms with van der Waals surface area (Å²) in [7, 11) is 0. The van der Waals surface area contributed by atoms with Gasteiger partial charge in [0.05, 0.1) is 17.1 Å². The highest BCUT2D eigenvalue weighted by atomic mass is 79.9. The fourth-order valence-corrected chi connectivity index (χ4v) is 3.10.